The Kier molecular flexibility index (Phi) is 5.35. The van der Waals surface area contributed by atoms with E-state index in [4.69, 9.17) is 4.74 Å². The van der Waals surface area contributed by atoms with E-state index in [1.807, 2.05) is 19.9 Å². The summed E-state index contributed by atoms with van der Waals surface area (Å²) < 4.78 is 5.83. The topological polar surface area (TPSA) is 38.3 Å². The SMILES string of the molecule is COC(=O)C(C)(C)NCCc1cc(Br)ccc1C. The Labute approximate surface area is 117 Å². The summed E-state index contributed by atoms with van der Waals surface area (Å²) in [7, 11) is 1.41. The van der Waals surface area contributed by atoms with Crippen LogP contribution < -0.4 is 5.32 Å². The molecule has 100 valence electrons. The molecule has 1 N–H and O–H groups in total. The third-order valence-corrected chi connectivity index (χ3v) is 3.46. The lowest BCUT2D eigenvalue weighted by Crippen LogP contribution is -2.48. The van der Waals surface area contributed by atoms with Gasteiger partial charge < -0.3 is 10.1 Å². The van der Waals surface area contributed by atoms with Crippen LogP contribution in [-0.2, 0) is 16.0 Å². The smallest absolute Gasteiger partial charge is 0.325 e. The Morgan fingerprint density at radius 3 is 2.72 bits per heavy atom. The number of benzene rings is 1. The minimum Gasteiger partial charge on any atom is -0.468 e. The van der Waals surface area contributed by atoms with E-state index < -0.39 is 5.54 Å². The van der Waals surface area contributed by atoms with Crippen molar-refractivity contribution in [2.75, 3.05) is 13.7 Å². The largest absolute Gasteiger partial charge is 0.468 e. The lowest BCUT2D eigenvalue weighted by atomic mass is 10.0. The normalized spacial score (nSPS) is 11.4. The number of carbonyl (C=O) groups is 1. The molecule has 3 nitrogen and oxygen atoms in total. The van der Waals surface area contributed by atoms with Crippen molar-refractivity contribution in [1.82, 2.24) is 5.32 Å². The van der Waals surface area contributed by atoms with Gasteiger partial charge in [0.1, 0.15) is 5.54 Å². The molecule has 0 heterocycles. The first-order valence-corrected chi connectivity index (χ1v) is 6.74. The number of hydrogen-bond donors (Lipinski definition) is 1. The highest BCUT2D eigenvalue weighted by Gasteiger charge is 2.27. The lowest BCUT2D eigenvalue weighted by Gasteiger charge is -2.23. The van der Waals surface area contributed by atoms with Crippen molar-refractivity contribution in [2.24, 2.45) is 0 Å². The van der Waals surface area contributed by atoms with E-state index >= 15 is 0 Å². The Bertz CT molecular complexity index is 430. The molecule has 0 aliphatic carbocycles. The first kappa shape index (κ1) is 15.2. The predicted octanol–water partition coefficient (Wildman–Crippen LogP) is 2.84. The van der Waals surface area contributed by atoms with Crippen LogP contribution in [0.5, 0.6) is 0 Å². The average molecular weight is 314 g/mol. The van der Waals surface area contributed by atoms with E-state index in [2.05, 4.69) is 40.3 Å². The number of rotatable bonds is 5. The van der Waals surface area contributed by atoms with Crippen LogP contribution in [0, 0.1) is 6.92 Å². The number of hydrogen-bond acceptors (Lipinski definition) is 3. The van der Waals surface area contributed by atoms with E-state index in [-0.39, 0.29) is 5.97 Å². The van der Waals surface area contributed by atoms with Crippen molar-refractivity contribution in [3.8, 4) is 0 Å². The van der Waals surface area contributed by atoms with Crippen LogP contribution in [0.1, 0.15) is 25.0 Å². The molecule has 0 saturated carbocycles. The fraction of sp³-hybridized carbons (Fsp3) is 0.500. The molecule has 18 heavy (non-hydrogen) atoms. The molecule has 1 rings (SSSR count). The van der Waals surface area contributed by atoms with Crippen LogP contribution in [0.15, 0.2) is 22.7 Å². The summed E-state index contributed by atoms with van der Waals surface area (Å²) in [5, 5.41) is 3.22. The molecule has 0 unspecified atom stereocenters. The predicted molar refractivity (Wildman–Crippen MR) is 76.7 cm³/mol. The van der Waals surface area contributed by atoms with Crippen molar-refractivity contribution in [1.29, 1.82) is 0 Å². The maximum atomic E-state index is 11.5. The molecule has 1 aromatic carbocycles. The Morgan fingerprint density at radius 1 is 1.44 bits per heavy atom. The molecule has 0 fully saturated rings. The summed E-state index contributed by atoms with van der Waals surface area (Å²) in [5.41, 5.74) is 1.89. The molecule has 0 aliphatic heterocycles. The summed E-state index contributed by atoms with van der Waals surface area (Å²) in [6, 6.07) is 6.23. The minimum atomic E-state index is -0.644. The average Bonchev–Trinajstić information content (AvgIpc) is 2.32. The molecule has 1 aromatic rings. The third-order valence-electron chi connectivity index (χ3n) is 2.97. The summed E-state index contributed by atoms with van der Waals surface area (Å²) in [4.78, 5) is 11.5. The molecule has 0 radical (unpaired) electrons. The van der Waals surface area contributed by atoms with Gasteiger partial charge in [-0.3, -0.25) is 4.79 Å². The van der Waals surface area contributed by atoms with Gasteiger partial charge in [-0.15, -0.1) is 0 Å². The van der Waals surface area contributed by atoms with Crippen LogP contribution in [0.25, 0.3) is 0 Å². The fourth-order valence-corrected chi connectivity index (χ4v) is 2.15. The zero-order valence-corrected chi connectivity index (χ0v) is 12.9. The van der Waals surface area contributed by atoms with Gasteiger partial charge in [0.2, 0.25) is 0 Å². The number of methoxy groups -OCH3 is 1. The van der Waals surface area contributed by atoms with E-state index in [0.29, 0.717) is 0 Å². The maximum absolute atomic E-state index is 11.5. The second kappa shape index (κ2) is 6.34. The van der Waals surface area contributed by atoms with Crippen molar-refractivity contribution in [2.45, 2.75) is 32.7 Å². The Hall–Kier alpha value is -0.870. The van der Waals surface area contributed by atoms with Gasteiger partial charge in [-0.25, -0.2) is 0 Å². The van der Waals surface area contributed by atoms with E-state index in [0.717, 1.165) is 17.4 Å². The first-order valence-electron chi connectivity index (χ1n) is 5.95. The van der Waals surface area contributed by atoms with Gasteiger partial charge in [0, 0.05) is 11.0 Å². The zero-order valence-electron chi connectivity index (χ0n) is 11.3. The molecular formula is C14H20BrNO2. The molecular weight excluding hydrogens is 294 g/mol. The van der Waals surface area contributed by atoms with Crippen LogP contribution >= 0.6 is 15.9 Å². The van der Waals surface area contributed by atoms with Crippen LogP contribution in [0.2, 0.25) is 0 Å². The molecule has 0 amide bonds. The van der Waals surface area contributed by atoms with Gasteiger partial charge in [-0.05, 0) is 50.5 Å². The van der Waals surface area contributed by atoms with E-state index in [1.54, 1.807) is 0 Å². The standard InChI is InChI=1S/C14H20BrNO2/c1-10-5-6-12(15)9-11(10)7-8-16-14(2,3)13(17)18-4/h5-6,9,16H,7-8H2,1-4H3. The first-order chi connectivity index (χ1) is 8.36. The van der Waals surface area contributed by atoms with Crippen molar-refractivity contribution >= 4 is 21.9 Å². The summed E-state index contributed by atoms with van der Waals surface area (Å²) in [5.74, 6) is -0.242. The van der Waals surface area contributed by atoms with Gasteiger partial charge >= 0.3 is 5.97 Å². The summed E-state index contributed by atoms with van der Waals surface area (Å²) in [6.45, 7) is 6.48. The number of aryl methyl sites for hydroxylation is 1. The van der Waals surface area contributed by atoms with Gasteiger partial charge in [0.05, 0.1) is 7.11 Å². The highest BCUT2D eigenvalue weighted by atomic mass is 79.9. The Morgan fingerprint density at radius 2 is 2.11 bits per heavy atom. The van der Waals surface area contributed by atoms with Crippen LogP contribution in [0.4, 0.5) is 0 Å². The Balaban J connectivity index is 2.56. The highest BCUT2D eigenvalue weighted by molar-refractivity contribution is 9.10. The minimum absolute atomic E-state index is 0.242. The highest BCUT2D eigenvalue weighted by Crippen LogP contribution is 2.16. The quantitative estimate of drug-likeness (QED) is 0.849. The van der Waals surface area contributed by atoms with Gasteiger partial charge in [0.15, 0.2) is 0 Å². The molecule has 0 bridgehead atoms. The molecule has 0 atom stereocenters. The number of carbonyl (C=O) groups excluding carboxylic acids is 1. The number of halogens is 1. The third kappa shape index (κ3) is 4.10. The van der Waals surface area contributed by atoms with E-state index in [1.165, 1.54) is 18.2 Å². The number of esters is 1. The van der Waals surface area contributed by atoms with Gasteiger partial charge in [-0.1, -0.05) is 22.0 Å². The van der Waals surface area contributed by atoms with E-state index in [9.17, 15) is 4.79 Å². The van der Waals surface area contributed by atoms with Crippen LogP contribution in [-0.4, -0.2) is 25.2 Å². The van der Waals surface area contributed by atoms with Gasteiger partial charge in [0.25, 0.3) is 0 Å². The maximum Gasteiger partial charge on any atom is 0.325 e. The molecule has 0 spiro atoms. The molecule has 0 aromatic heterocycles. The monoisotopic (exact) mass is 313 g/mol. The number of nitrogens with one attached hydrogen (secondary N) is 1. The summed E-state index contributed by atoms with van der Waals surface area (Å²) >= 11 is 3.47. The second-order valence-corrected chi connectivity index (χ2v) is 5.78. The van der Waals surface area contributed by atoms with Crippen molar-refractivity contribution < 1.29 is 9.53 Å². The molecule has 0 saturated heterocycles. The zero-order chi connectivity index (χ0) is 13.8. The number of ether oxygens (including phenoxy) is 1. The molecule has 0 aliphatic rings. The van der Waals surface area contributed by atoms with Crippen molar-refractivity contribution in [3.05, 3.63) is 33.8 Å². The second-order valence-electron chi connectivity index (χ2n) is 4.86. The lowest BCUT2D eigenvalue weighted by molar-refractivity contribution is -0.147. The van der Waals surface area contributed by atoms with Crippen LogP contribution in [0.3, 0.4) is 0 Å². The molecule has 4 heteroatoms. The van der Waals surface area contributed by atoms with Gasteiger partial charge in [-0.2, -0.15) is 0 Å². The van der Waals surface area contributed by atoms with Crippen molar-refractivity contribution in [3.63, 3.8) is 0 Å². The fourth-order valence-electron chi connectivity index (χ4n) is 1.75. The summed E-state index contributed by atoms with van der Waals surface area (Å²) in [6.07, 6.45) is 0.881.